The number of methoxy groups -OCH3 is 1. The van der Waals surface area contributed by atoms with Crippen molar-refractivity contribution in [2.75, 3.05) is 25.9 Å². The van der Waals surface area contributed by atoms with Crippen molar-refractivity contribution in [3.63, 3.8) is 0 Å². The molecule has 0 aromatic heterocycles. The predicted molar refractivity (Wildman–Crippen MR) is 78.9 cm³/mol. The Morgan fingerprint density at radius 3 is 2.55 bits per heavy atom. The highest BCUT2D eigenvalue weighted by Gasteiger charge is 2.15. The van der Waals surface area contributed by atoms with Gasteiger partial charge in [0.1, 0.15) is 17.4 Å². The van der Waals surface area contributed by atoms with Crippen LogP contribution in [0.15, 0.2) is 23.8 Å². The van der Waals surface area contributed by atoms with E-state index in [9.17, 15) is 4.79 Å². The summed E-state index contributed by atoms with van der Waals surface area (Å²) < 4.78 is 5.07. The lowest BCUT2D eigenvalue weighted by Gasteiger charge is -2.17. The minimum Gasteiger partial charge on any atom is -0.495 e. The molecule has 0 unspecified atom stereocenters. The zero-order chi connectivity index (χ0) is 15.1. The number of rotatable bonds is 5. The number of carbonyl (C=O) groups is 1. The fraction of sp³-hybridized carbons (Fsp3) is 0.333. The van der Waals surface area contributed by atoms with Crippen LogP contribution in [0.4, 0.5) is 5.69 Å². The van der Waals surface area contributed by atoms with Crippen LogP contribution in [0.5, 0.6) is 5.75 Å². The molecule has 0 aliphatic heterocycles. The summed E-state index contributed by atoms with van der Waals surface area (Å²) in [5.74, 6) is 0.294. The highest BCUT2D eigenvalue weighted by Crippen LogP contribution is 2.23. The summed E-state index contributed by atoms with van der Waals surface area (Å²) in [5.41, 5.74) is 7.06. The van der Waals surface area contributed by atoms with Crippen molar-refractivity contribution < 1.29 is 9.53 Å². The number of amides is 1. The molecule has 1 aromatic rings. The van der Waals surface area contributed by atoms with E-state index in [2.05, 4.69) is 0 Å². The molecule has 0 heterocycles. The van der Waals surface area contributed by atoms with Gasteiger partial charge in [0, 0.05) is 13.1 Å². The van der Waals surface area contributed by atoms with Crippen LogP contribution in [-0.4, -0.2) is 31.0 Å². The summed E-state index contributed by atoms with van der Waals surface area (Å²) in [6, 6.07) is 7.08. The first-order chi connectivity index (χ1) is 9.57. The van der Waals surface area contributed by atoms with E-state index in [0.29, 0.717) is 30.1 Å². The van der Waals surface area contributed by atoms with Gasteiger partial charge in [-0.2, -0.15) is 5.26 Å². The second-order valence-electron chi connectivity index (χ2n) is 4.15. The number of ether oxygens (including phenoxy) is 1. The van der Waals surface area contributed by atoms with Gasteiger partial charge in [-0.15, -0.1) is 0 Å². The summed E-state index contributed by atoms with van der Waals surface area (Å²) in [6.07, 6.45) is 1.54. The Kier molecular flexibility index (Phi) is 5.60. The quantitative estimate of drug-likeness (QED) is 0.506. The Bertz CT molecular complexity index is 555. The smallest absolute Gasteiger partial charge is 0.264 e. The monoisotopic (exact) mass is 273 g/mol. The maximum Gasteiger partial charge on any atom is 0.264 e. The molecular formula is C15H19N3O2. The Morgan fingerprint density at radius 2 is 2.10 bits per heavy atom. The number of nitrogens with two attached hydrogens (primary N) is 1. The van der Waals surface area contributed by atoms with Gasteiger partial charge in [-0.1, -0.05) is 6.07 Å². The number of carbonyl (C=O) groups excluding carboxylic acids is 1. The third-order valence-electron chi connectivity index (χ3n) is 2.97. The van der Waals surface area contributed by atoms with Crippen molar-refractivity contribution in [1.29, 1.82) is 5.26 Å². The first-order valence-electron chi connectivity index (χ1n) is 6.41. The zero-order valence-electron chi connectivity index (χ0n) is 12.0. The first kappa shape index (κ1) is 15.6. The Balaban J connectivity index is 3.09. The standard InChI is InChI=1S/C15H19N3O2/c1-4-18(5-2)15(19)12(10-16)8-11-6-7-14(20-3)13(17)9-11/h6-9H,4-5,17H2,1-3H3/b12-8+. The number of nitriles is 1. The second-order valence-corrected chi connectivity index (χ2v) is 4.15. The summed E-state index contributed by atoms with van der Waals surface area (Å²) in [5, 5.41) is 9.15. The minimum absolute atomic E-state index is 0.0956. The van der Waals surface area contributed by atoms with Gasteiger partial charge in [-0.3, -0.25) is 4.79 Å². The first-order valence-corrected chi connectivity index (χ1v) is 6.41. The van der Waals surface area contributed by atoms with E-state index in [1.165, 1.54) is 13.2 Å². The van der Waals surface area contributed by atoms with Crippen LogP contribution in [0.3, 0.4) is 0 Å². The lowest BCUT2D eigenvalue weighted by Crippen LogP contribution is -2.31. The molecule has 0 spiro atoms. The van der Waals surface area contributed by atoms with Gasteiger partial charge >= 0.3 is 0 Å². The molecule has 2 N–H and O–H groups in total. The average molecular weight is 273 g/mol. The molecule has 1 amide bonds. The molecule has 0 saturated carbocycles. The molecule has 0 aliphatic rings. The van der Waals surface area contributed by atoms with E-state index in [4.69, 9.17) is 15.7 Å². The van der Waals surface area contributed by atoms with Crippen LogP contribution < -0.4 is 10.5 Å². The van der Waals surface area contributed by atoms with Gasteiger partial charge in [-0.25, -0.2) is 0 Å². The highest BCUT2D eigenvalue weighted by molar-refractivity contribution is 6.01. The Morgan fingerprint density at radius 1 is 1.45 bits per heavy atom. The summed E-state index contributed by atoms with van der Waals surface area (Å²) in [7, 11) is 1.53. The molecule has 5 nitrogen and oxygen atoms in total. The third kappa shape index (κ3) is 3.51. The normalized spacial score (nSPS) is 10.8. The van der Waals surface area contributed by atoms with Gasteiger partial charge in [0.25, 0.3) is 5.91 Å². The van der Waals surface area contributed by atoms with Crippen molar-refractivity contribution in [3.8, 4) is 11.8 Å². The fourth-order valence-corrected chi connectivity index (χ4v) is 1.83. The van der Waals surface area contributed by atoms with Crippen molar-refractivity contribution in [1.82, 2.24) is 4.90 Å². The number of anilines is 1. The molecule has 1 rings (SSSR count). The van der Waals surface area contributed by atoms with Gasteiger partial charge in [0.05, 0.1) is 12.8 Å². The third-order valence-corrected chi connectivity index (χ3v) is 2.97. The van der Waals surface area contributed by atoms with E-state index in [-0.39, 0.29) is 11.5 Å². The molecule has 0 aliphatic carbocycles. The molecule has 0 atom stereocenters. The topological polar surface area (TPSA) is 79.3 Å². The van der Waals surface area contributed by atoms with E-state index in [0.717, 1.165) is 0 Å². The van der Waals surface area contributed by atoms with Gasteiger partial charge in [0.2, 0.25) is 0 Å². The number of nitrogen functional groups attached to an aromatic ring is 1. The largest absolute Gasteiger partial charge is 0.495 e. The second kappa shape index (κ2) is 7.19. The molecule has 0 radical (unpaired) electrons. The van der Waals surface area contributed by atoms with Crippen molar-refractivity contribution in [3.05, 3.63) is 29.3 Å². The van der Waals surface area contributed by atoms with Gasteiger partial charge < -0.3 is 15.4 Å². The van der Waals surface area contributed by atoms with Crippen LogP contribution in [0.2, 0.25) is 0 Å². The predicted octanol–water partition coefficient (Wildman–Crippen LogP) is 2.05. The number of nitrogens with zero attached hydrogens (tertiary/aromatic N) is 2. The van der Waals surface area contributed by atoms with Gasteiger partial charge in [0.15, 0.2) is 0 Å². The van der Waals surface area contributed by atoms with Crippen LogP contribution in [0.1, 0.15) is 19.4 Å². The zero-order valence-corrected chi connectivity index (χ0v) is 12.0. The maximum atomic E-state index is 12.1. The van der Waals surface area contributed by atoms with Crippen molar-refractivity contribution >= 4 is 17.7 Å². The minimum atomic E-state index is -0.271. The van der Waals surface area contributed by atoms with Crippen molar-refractivity contribution in [2.45, 2.75) is 13.8 Å². The van der Waals surface area contributed by atoms with Crippen LogP contribution >= 0.6 is 0 Å². The summed E-state index contributed by atoms with van der Waals surface area (Å²) in [6.45, 7) is 4.89. The number of benzene rings is 1. The molecule has 20 heavy (non-hydrogen) atoms. The summed E-state index contributed by atoms with van der Waals surface area (Å²) >= 11 is 0. The van der Waals surface area contributed by atoms with Crippen LogP contribution in [0, 0.1) is 11.3 Å². The number of hydrogen-bond acceptors (Lipinski definition) is 4. The van der Waals surface area contributed by atoms with E-state index >= 15 is 0 Å². The van der Waals surface area contributed by atoms with Gasteiger partial charge in [-0.05, 0) is 37.6 Å². The Labute approximate surface area is 119 Å². The molecule has 0 saturated heterocycles. The molecular weight excluding hydrogens is 254 g/mol. The summed E-state index contributed by atoms with van der Waals surface area (Å²) in [4.78, 5) is 13.7. The van der Waals surface area contributed by atoms with Crippen molar-refractivity contribution in [2.24, 2.45) is 0 Å². The number of hydrogen-bond donors (Lipinski definition) is 1. The van der Waals surface area contributed by atoms with Crippen LogP contribution in [0.25, 0.3) is 6.08 Å². The lowest BCUT2D eigenvalue weighted by molar-refractivity contribution is -0.126. The lowest BCUT2D eigenvalue weighted by atomic mass is 10.1. The van der Waals surface area contributed by atoms with E-state index < -0.39 is 0 Å². The molecule has 106 valence electrons. The fourth-order valence-electron chi connectivity index (χ4n) is 1.83. The van der Waals surface area contributed by atoms with Crippen LogP contribution in [-0.2, 0) is 4.79 Å². The Hall–Kier alpha value is -2.48. The molecule has 5 heteroatoms. The molecule has 0 bridgehead atoms. The SMILES string of the molecule is CCN(CC)C(=O)/C(C#N)=C/c1ccc(OC)c(N)c1. The van der Waals surface area contributed by atoms with E-state index in [1.807, 2.05) is 19.9 Å². The van der Waals surface area contributed by atoms with E-state index in [1.54, 1.807) is 23.1 Å². The average Bonchev–Trinajstić information content (AvgIpc) is 2.46. The maximum absolute atomic E-state index is 12.1. The molecule has 1 aromatic carbocycles. The molecule has 0 fully saturated rings. The highest BCUT2D eigenvalue weighted by atomic mass is 16.5. The number of likely N-dealkylation sites (N-methyl/N-ethyl adjacent to an activating group) is 1.